The highest BCUT2D eigenvalue weighted by molar-refractivity contribution is 7.89. The summed E-state index contributed by atoms with van der Waals surface area (Å²) in [5.74, 6) is 0.350. The van der Waals surface area contributed by atoms with Crippen molar-refractivity contribution in [1.29, 1.82) is 0 Å². The van der Waals surface area contributed by atoms with Crippen molar-refractivity contribution in [3.8, 4) is 5.75 Å². The van der Waals surface area contributed by atoms with Gasteiger partial charge in [0.25, 0.3) is 0 Å². The summed E-state index contributed by atoms with van der Waals surface area (Å²) < 4.78 is 39.2. The lowest BCUT2D eigenvalue weighted by Gasteiger charge is -2.30. The summed E-state index contributed by atoms with van der Waals surface area (Å²) in [6.45, 7) is 4.17. The molecular weight excluding hydrogens is 392 g/mol. The fourth-order valence-corrected chi connectivity index (χ4v) is 4.36. The van der Waals surface area contributed by atoms with Crippen molar-refractivity contribution in [2.75, 3.05) is 32.9 Å². The second-order valence-electron chi connectivity index (χ2n) is 6.71. The van der Waals surface area contributed by atoms with Crippen molar-refractivity contribution in [1.82, 2.24) is 9.62 Å². The molecule has 1 fully saturated rings. The van der Waals surface area contributed by atoms with Gasteiger partial charge in [-0.05, 0) is 43.2 Å². The van der Waals surface area contributed by atoms with E-state index in [2.05, 4.69) is 4.72 Å². The smallest absolute Gasteiger partial charge is 0.241 e. The minimum absolute atomic E-state index is 0.0915. The summed E-state index contributed by atoms with van der Waals surface area (Å²) in [4.78, 5) is 14.8. The highest BCUT2D eigenvalue weighted by atomic mass is 32.2. The molecule has 0 aromatic heterocycles. The monoisotopic (exact) mass is 418 g/mol. The standard InChI is InChI=1S/C21H26N2O5S/c1-2-28-18-8-10-19(11-9-18)29(25,26)22-20(16-17-6-4-3-5-7-17)21(24)23-12-14-27-15-13-23/h3-11,20,22H,2,12-16H2,1H3. The summed E-state index contributed by atoms with van der Waals surface area (Å²) in [5, 5.41) is 0. The van der Waals surface area contributed by atoms with E-state index < -0.39 is 16.1 Å². The van der Waals surface area contributed by atoms with Gasteiger partial charge in [-0.25, -0.2) is 8.42 Å². The Kier molecular flexibility index (Phi) is 7.24. The van der Waals surface area contributed by atoms with Gasteiger partial charge in [-0.1, -0.05) is 30.3 Å². The average molecular weight is 419 g/mol. The molecule has 1 atom stereocenters. The van der Waals surface area contributed by atoms with Gasteiger partial charge in [0.2, 0.25) is 15.9 Å². The second-order valence-corrected chi connectivity index (χ2v) is 8.42. The van der Waals surface area contributed by atoms with Crippen LogP contribution in [-0.4, -0.2) is 58.2 Å². The molecule has 8 heteroatoms. The molecule has 0 aliphatic carbocycles. The number of benzene rings is 2. The Morgan fingerprint density at radius 2 is 1.76 bits per heavy atom. The van der Waals surface area contributed by atoms with E-state index in [9.17, 15) is 13.2 Å². The molecule has 2 aromatic carbocycles. The molecule has 1 amide bonds. The first-order chi connectivity index (χ1) is 14.0. The number of nitrogens with one attached hydrogen (secondary N) is 1. The molecule has 0 spiro atoms. The fraction of sp³-hybridized carbons (Fsp3) is 0.381. The first-order valence-corrected chi connectivity index (χ1v) is 11.1. The van der Waals surface area contributed by atoms with Crippen molar-refractivity contribution < 1.29 is 22.7 Å². The molecule has 3 rings (SSSR count). The second kappa shape index (κ2) is 9.87. The molecule has 0 bridgehead atoms. The molecule has 1 unspecified atom stereocenters. The van der Waals surface area contributed by atoms with E-state index in [1.807, 2.05) is 37.3 Å². The van der Waals surface area contributed by atoms with Crippen molar-refractivity contribution in [2.24, 2.45) is 0 Å². The molecule has 0 radical (unpaired) electrons. The number of amides is 1. The van der Waals surface area contributed by atoms with Crippen molar-refractivity contribution >= 4 is 15.9 Å². The number of carbonyl (C=O) groups excluding carboxylic acids is 1. The van der Waals surface area contributed by atoms with Crippen LogP contribution in [-0.2, 0) is 26.0 Å². The maximum absolute atomic E-state index is 13.1. The van der Waals surface area contributed by atoms with Crippen LogP contribution >= 0.6 is 0 Å². The minimum atomic E-state index is -3.88. The first-order valence-electron chi connectivity index (χ1n) is 9.65. The molecule has 156 valence electrons. The largest absolute Gasteiger partial charge is 0.494 e. The van der Waals surface area contributed by atoms with Gasteiger partial charge in [0.1, 0.15) is 11.8 Å². The lowest BCUT2D eigenvalue weighted by molar-refractivity contribution is -0.137. The molecule has 7 nitrogen and oxygen atoms in total. The number of carbonyl (C=O) groups is 1. The SMILES string of the molecule is CCOc1ccc(S(=O)(=O)NC(Cc2ccccc2)C(=O)N2CCOCC2)cc1. The third kappa shape index (κ3) is 5.79. The molecule has 2 aromatic rings. The van der Waals surface area contributed by atoms with Crippen LogP contribution in [0.2, 0.25) is 0 Å². The molecule has 0 saturated carbocycles. The van der Waals surface area contributed by atoms with Crippen LogP contribution in [0, 0.1) is 0 Å². The Hall–Kier alpha value is -2.42. The minimum Gasteiger partial charge on any atom is -0.494 e. The zero-order chi connectivity index (χ0) is 20.7. The Bertz CT molecular complexity index is 894. The predicted molar refractivity (Wildman–Crippen MR) is 109 cm³/mol. The van der Waals surface area contributed by atoms with Gasteiger partial charge in [0.05, 0.1) is 24.7 Å². The lowest BCUT2D eigenvalue weighted by atomic mass is 10.1. The van der Waals surface area contributed by atoms with E-state index in [-0.39, 0.29) is 17.2 Å². The normalized spacial score (nSPS) is 15.7. The first kappa shape index (κ1) is 21.3. The van der Waals surface area contributed by atoms with Gasteiger partial charge in [0.15, 0.2) is 0 Å². The molecule has 1 heterocycles. The zero-order valence-electron chi connectivity index (χ0n) is 16.4. The Morgan fingerprint density at radius 1 is 1.10 bits per heavy atom. The van der Waals surface area contributed by atoms with Gasteiger partial charge < -0.3 is 14.4 Å². The maximum Gasteiger partial charge on any atom is 0.241 e. The number of morpholine rings is 1. The van der Waals surface area contributed by atoms with Crippen LogP contribution in [0.25, 0.3) is 0 Å². The van der Waals surface area contributed by atoms with Gasteiger partial charge in [-0.2, -0.15) is 4.72 Å². The Balaban J connectivity index is 1.81. The topological polar surface area (TPSA) is 84.9 Å². The van der Waals surface area contributed by atoms with Crippen LogP contribution in [0.5, 0.6) is 5.75 Å². The van der Waals surface area contributed by atoms with Crippen molar-refractivity contribution in [3.63, 3.8) is 0 Å². The molecule has 29 heavy (non-hydrogen) atoms. The van der Waals surface area contributed by atoms with E-state index in [4.69, 9.17) is 9.47 Å². The van der Waals surface area contributed by atoms with Gasteiger partial charge in [-0.3, -0.25) is 4.79 Å². The summed E-state index contributed by atoms with van der Waals surface area (Å²) in [6.07, 6.45) is 0.271. The molecular formula is C21H26N2O5S. The number of hydrogen-bond donors (Lipinski definition) is 1. The summed E-state index contributed by atoms with van der Waals surface area (Å²) in [7, 11) is -3.88. The van der Waals surface area contributed by atoms with E-state index in [0.29, 0.717) is 38.7 Å². The molecule has 1 aliphatic rings. The van der Waals surface area contributed by atoms with E-state index in [1.54, 1.807) is 17.0 Å². The predicted octanol–water partition coefficient (Wildman–Crippen LogP) is 1.83. The number of nitrogens with zero attached hydrogens (tertiary/aromatic N) is 1. The number of rotatable bonds is 8. The van der Waals surface area contributed by atoms with Crippen LogP contribution in [0.3, 0.4) is 0 Å². The van der Waals surface area contributed by atoms with Crippen molar-refractivity contribution in [2.45, 2.75) is 24.3 Å². The quantitative estimate of drug-likeness (QED) is 0.707. The van der Waals surface area contributed by atoms with Gasteiger partial charge in [0, 0.05) is 13.1 Å². The number of sulfonamides is 1. The number of hydrogen-bond acceptors (Lipinski definition) is 5. The van der Waals surface area contributed by atoms with Crippen molar-refractivity contribution in [3.05, 3.63) is 60.2 Å². The number of ether oxygens (including phenoxy) is 2. The van der Waals surface area contributed by atoms with Crippen LogP contribution in [0.1, 0.15) is 12.5 Å². The Morgan fingerprint density at radius 3 is 2.38 bits per heavy atom. The summed E-state index contributed by atoms with van der Waals surface area (Å²) >= 11 is 0. The van der Waals surface area contributed by atoms with Gasteiger partial charge >= 0.3 is 0 Å². The average Bonchev–Trinajstić information content (AvgIpc) is 2.75. The van der Waals surface area contributed by atoms with Crippen LogP contribution in [0.4, 0.5) is 0 Å². The summed E-state index contributed by atoms with van der Waals surface area (Å²) in [6, 6.07) is 14.6. The summed E-state index contributed by atoms with van der Waals surface area (Å²) in [5.41, 5.74) is 0.883. The third-order valence-corrected chi connectivity index (χ3v) is 6.13. The highest BCUT2D eigenvalue weighted by Gasteiger charge is 2.30. The molecule has 1 N–H and O–H groups in total. The maximum atomic E-state index is 13.1. The fourth-order valence-electron chi connectivity index (χ4n) is 3.17. The highest BCUT2D eigenvalue weighted by Crippen LogP contribution is 2.17. The van der Waals surface area contributed by atoms with E-state index >= 15 is 0 Å². The lowest BCUT2D eigenvalue weighted by Crippen LogP contribution is -2.52. The molecule has 1 saturated heterocycles. The van der Waals surface area contributed by atoms with Crippen LogP contribution in [0.15, 0.2) is 59.5 Å². The third-order valence-electron chi connectivity index (χ3n) is 4.65. The zero-order valence-corrected chi connectivity index (χ0v) is 17.2. The van der Waals surface area contributed by atoms with Gasteiger partial charge in [-0.15, -0.1) is 0 Å². The van der Waals surface area contributed by atoms with E-state index in [1.165, 1.54) is 12.1 Å². The van der Waals surface area contributed by atoms with E-state index in [0.717, 1.165) is 5.56 Å². The molecule has 1 aliphatic heterocycles. The van der Waals surface area contributed by atoms with Crippen LogP contribution < -0.4 is 9.46 Å². The Labute approximate surface area is 171 Å².